The van der Waals surface area contributed by atoms with Gasteiger partial charge in [-0.25, -0.2) is 4.39 Å². The first-order valence-electron chi connectivity index (χ1n) is 5.88. The maximum absolute atomic E-state index is 12.5. The first-order chi connectivity index (χ1) is 8.61. The van der Waals surface area contributed by atoms with Crippen LogP contribution in [-0.4, -0.2) is 23.3 Å². The molecule has 1 heterocycles. The molecule has 0 fully saturated rings. The van der Waals surface area contributed by atoms with E-state index in [4.69, 9.17) is 0 Å². The minimum atomic E-state index is -0.253. The van der Waals surface area contributed by atoms with Gasteiger partial charge in [-0.2, -0.15) is 0 Å². The first-order valence-corrected chi connectivity index (χ1v) is 5.88. The molecule has 0 spiro atoms. The molecule has 0 N–H and O–H groups in total. The molecule has 3 nitrogen and oxygen atoms in total. The van der Waals surface area contributed by atoms with Gasteiger partial charge in [0.15, 0.2) is 0 Å². The molecule has 0 bridgehead atoms. The zero-order chi connectivity index (χ0) is 13.1. The van der Waals surface area contributed by atoms with Gasteiger partial charge in [0.2, 0.25) is 0 Å². The highest BCUT2D eigenvalue weighted by atomic mass is 19.1. The lowest BCUT2D eigenvalue weighted by Gasteiger charge is -2.12. The number of fused-ring (bicyclic) bond motifs is 1. The summed E-state index contributed by atoms with van der Waals surface area (Å²) in [6.07, 6.45) is 2.56. The SMILES string of the molecule is C/C(F)=C/CCCN1C(=O)c2ccccc2C1=O. The van der Waals surface area contributed by atoms with Gasteiger partial charge < -0.3 is 0 Å². The van der Waals surface area contributed by atoms with E-state index in [2.05, 4.69) is 0 Å². The molecular weight excluding hydrogens is 233 g/mol. The predicted octanol–water partition coefficient (Wildman–Crippen LogP) is 2.94. The summed E-state index contributed by atoms with van der Waals surface area (Å²) in [5.74, 6) is -0.745. The summed E-state index contributed by atoms with van der Waals surface area (Å²) in [5, 5.41) is 0. The molecule has 0 radical (unpaired) electrons. The molecule has 0 saturated heterocycles. The highest BCUT2D eigenvalue weighted by Crippen LogP contribution is 2.22. The van der Waals surface area contributed by atoms with Crippen LogP contribution in [0.3, 0.4) is 0 Å². The Bertz CT molecular complexity index is 483. The van der Waals surface area contributed by atoms with E-state index in [1.54, 1.807) is 24.3 Å². The molecule has 1 aromatic rings. The molecule has 1 aliphatic rings. The number of carbonyl (C=O) groups is 2. The monoisotopic (exact) mass is 247 g/mol. The van der Waals surface area contributed by atoms with E-state index in [1.807, 2.05) is 0 Å². The second-order valence-corrected chi connectivity index (χ2v) is 4.24. The van der Waals surface area contributed by atoms with Crippen molar-refractivity contribution in [2.24, 2.45) is 0 Å². The van der Waals surface area contributed by atoms with E-state index in [-0.39, 0.29) is 17.6 Å². The zero-order valence-electron chi connectivity index (χ0n) is 10.1. The number of rotatable bonds is 4. The number of hydrogen-bond donors (Lipinski definition) is 0. The minimum Gasteiger partial charge on any atom is -0.274 e. The second-order valence-electron chi connectivity index (χ2n) is 4.24. The molecule has 0 atom stereocenters. The van der Waals surface area contributed by atoms with E-state index in [9.17, 15) is 14.0 Å². The van der Waals surface area contributed by atoms with Gasteiger partial charge in [0.05, 0.1) is 17.0 Å². The fourth-order valence-corrected chi connectivity index (χ4v) is 1.99. The largest absolute Gasteiger partial charge is 0.274 e. The third-order valence-corrected chi connectivity index (χ3v) is 2.89. The van der Waals surface area contributed by atoms with Gasteiger partial charge in [0.25, 0.3) is 11.8 Å². The van der Waals surface area contributed by atoms with E-state index >= 15 is 0 Å². The quantitative estimate of drug-likeness (QED) is 0.606. The maximum Gasteiger partial charge on any atom is 0.261 e. The highest BCUT2D eigenvalue weighted by molar-refractivity contribution is 6.21. The minimum absolute atomic E-state index is 0.239. The van der Waals surface area contributed by atoms with Crippen molar-refractivity contribution in [1.82, 2.24) is 4.90 Å². The van der Waals surface area contributed by atoms with Crippen molar-refractivity contribution in [1.29, 1.82) is 0 Å². The average molecular weight is 247 g/mol. The lowest BCUT2D eigenvalue weighted by Crippen LogP contribution is -2.30. The number of amides is 2. The Kier molecular flexibility index (Phi) is 3.55. The van der Waals surface area contributed by atoms with Crippen LogP contribution in [0.2, 0.25) is 0 Å². The smallest absolute Gasteiger partial charge is 0.261 e. The molecule has 0 saturated carbocycles. The Balaban J connectivity index is 2.03. The molecule has 1 aromatic carbocycles. The standard InChI is InChI=1S/C14H14FNO2/c1-10(15)6-4-5-9-16-13(17)11-7-2-3-8-12(11)14(16)18/h2-3,6-8H,4-5,9H2,1H3/b10-6-. The maximum atomic E-state index is 12.5. The molecule has 4 heteroatoms. The molecule has 18 heavy (non-hydrogen) atoms. The normalized spacial score (nSPS) is 15.2. The van der Waals surface area contributed by atoms with Gasteiger partial charge in [-0.05, 0) is 31.9 Å². The summed E-state index contributed by atoms with van der Waals surface area (Å²) < 4.78 is 12.5. The van der Waals surface area contributed by atoms with E-state index < -0.39 is 0 Å². The van der Waals surface area contributed by atoms with Gasteiger partial charge in [-0.3, -0.25) is 14.5 Å². The van der Waals surface area contributed by atoms with Gasteiger partial charge in [0, 0.05) is 6.54 Å². The van der Waals surface area contributed by atoms with E-state index in [0.717, 1.165) is 0 Å². The van der Waals surface area contributed by atoms with Crippen LogP contribution in [-0.2, 0) is 0 Å². The number of nitrogens with zero attached hydrogens (tertiary/aromatic N) is 1. The first kappa shape index (κ1) is 12.5. The summed E-state index contributed by atoms with van der Waals surface area (Å²) in [4.78, 5) is 25.1. The van der Waals surface area contributed by atoms with Crippen LogP contribution in [0.15, 0.2) is 36.2 Å². The number of benzene rings is 1. The van der Waals surface area contributed by atoms with Crippen molar-refractivity contribution in [3.05, 3.63) is 47.3 Å². The van der Waals surface area contributed by atoms with Crippen LogP contribution in [0.5, 0.6) is 0 Å². The van der Waals surface area contributed by atoms with E-state index in [0.29, 0.717) is 30.5 Å². The molecule has 0 aromatic heterocycles. The van der Waals surface area contributed by atoms with Gasteiger partial charge >= 0.3 is 0 Å². The summed E-state index contributed by atoms with van der Waals surface area (Å²) in [5.41, 5.74) is 0.916. The molecule has 1 aliphatic heterocycles. The van der Waals surface area contributed by atoms with Crippen molar-refractivity contribution in [3.63, 3.8) is 0 Å². The van der Waals surface area contributed by atoms with Crippen molar-refractivity contribution in [3.8, 4) is 0 Å². The fraction of sp³-hybridized carbons (Fsp3) is 0.286. The predicted molar refractivity (Wildman–Crippen MR) is 65.9 cm³/mol. The third-order valence-electron chi connectivity index (χ3n) is 2.89. The number of hydrogen-bond acceptors (Lipinski definition) is 2. The number of halogens is 1. The van der Waals surface area contributed by atoms with Crippen LogP contribution in [0.4, 0.5) is 4.39 Å². The van der Waals surface area contributed by atoms with Crippen molar-refractivity contribution in [2.75, 3.05) is 6.54 Å². The van der Waals surface area contributed by atoms with Gasteiger partial charge in [-0.1, -0.05) is 18.2 Å². The molecule has 0 unspecified atom stereocenters. The number of carbonyl (C=O) groups excluding carboxylic acids is 2. The van der Waals surface area contributed by atoms with Crippen LogP contribution in [0.1, 0.15) is 40.5 Å². The molecule has 0 aliphatic carbocycles. The van der Waals surface area contributed by atoms with Crippen LogP contribution < -0.4 is 0 Å². The molecule has 2 rings (SSSR count). The van der Waals surface area contributed by atoms with Crippen molar-refractivity contribution < 1.29 is 14.0 Å². The summed E-state index contributed by atoms with van der Waals surface area (Å²) >= 11 is 0. The number of imide groups is 1. The Hall–Kier alpha value is -1.97. The number of allylic oxidation sites excluding steroid dienone is 2. The van der Waals surface area contributed by atoms with Crippen molar-refractivity contribution in [2.45, 2.75) is 19.8 Å². The Morgan fingerprint density at radius 1 is 1.22 bits per heavy atom. The summed E-state index contributed by atoms with van der Waals surface area (Å²) in [6.45, 7) is 1.71. The third kappa shape index (κ3) is 2.32. The zero-order valence-corrected chi connectivity index (χ0v) is 10.1. The fourth-order valence-electron chi connectivity index (χ4n) is 1.99. The van der Waals surface area contributed by atoms with E-state index in [1.165, 1.54) is 17.9 Å². The summed E-state index contributed by atoms with van der Waals surface area (Å²) in [7, 11) is 0. The Morgan fingerprint density at radius 3 is 2.28 bits per heavy atom. The van der Waals surface area contributed by atoms with Gasteiger partial charge in [0.1, 0.15) is 0 Å². The van der Waals surface area contributed by atoms with Crippen LogP contribution in [0, 0.1) is 0 Å². The Labute approximate surface area is 105 Å². The van der Waals surface area contributed by atoms with Crippen LogP contribution >= 0.6 is 0 Å². The van der Waals surface area contributed by atoms with Crippen LogP contribution in [0.25, 0.3) is 0 Å². The van der Waals surface area contributed by atoms with Gasteiger partial charge in [-0.15, -0.1) is 0 Å². The lowest BCUT2D eigenvalue weighted by atomic mass is 10.1. The topological polar surface area (TPSA) is 37.4 Å². The lowest BCUT2D eigenvalue weighted by molar-refractivity contribution is 0.0653. The Morgan fingerprint density at radius 2 is 1.78 bits per heavy atom. The molecular formula is C14H14FNO2. The molecule has 2 amide bonds. The highest BCUT2D eigenvalue weighted by Gasteiger charge is 2.34. The van der Waals surface area contributed by atoms with Crippen molar-refractivity contribution >= 4 is 11.8 Å². The molecule has 94 valence electrons. The number of unbranched alkanes of at least 4 members (excludes halogenated alkanes) is 1. The average Bonchev–Trinajstić information content (AvgIpc) is 2.59. The summed E-state index contributed by atoms with van der Waals surface area (Å²) in [6, 6.07) is 6.79. The second kappa shape index (κ2) is 5.12.